The molecular weight excluding hydrogens is 253 g/mol. The predicted molar refractivity (Wildman–Crippen MR) is 75.1 cm³/mol. The quantitative estimate of drug-likeness (QED) is 0.839. The van der Waals surface area contributed by atoms with Crippen LogP contribution in [0.3, 0.4) is 0 Å². The van der Waals surface area contributed by atoms with Gasteiger partial charge in [0.1, 0.15) is 5.82 Å². The van der Waals surface area contributed by atoms with E-state index in [1.807, 2.05) is 27.7 Å². The lowest BCUT2D eigenvalue weighted by molar-refractivity contribution is -0.139. The van der Waals surface area contributed by atoms with Gasteiger partial charge in [-0.2, -0.15) is 13.2 Å². The average molecular weight is 278 g/mol. The van der Waals surface area contributed by atoms with E-state index in [0.717, 1.165) is 0 Å². The zero-order chi connectivity index (χ0) is 15.6. The highest BCUT2D eigenvalue weighted by atomic mass is 19.4. The fraction of sp³-hybridized carbons (Fsp3) is 0.643. The third kappa shape index (κ3) is 5.94. The summed E-state index contributed by atoms with van der Waals surface area (Å²) < 4.78 is 38.2. The third-order valence-electron chi connectivity index (χ3n) is 2.20. The minimum absolute atomic E-state index is 0.0272. The number of nitrogens with zero attached hydrogens (tertiary/aromatic N) is 1. The minimum Gasteiger partial charge on any atom is -0.384 e. The number of hydrogen-bond donors (Lipinski definition) is 1. The summed E-state index contributed by atoms with van der Waals surface area (Å²) in [6, 6.07) is 1.29. The first-order chi connectivity index (χ1) is 8.90. The Balaban J connectivity index is 0. The number of pyridine rings is 1. The maximum atomic E-state index is 12.7. The van der Waals surface area contributed by atoms with Gasteiger partial charge in [0.2, 0.25) is 0 Å². The molecule has 1 heterocycles. The number of aromatic nitrogens is 1. The van der Waals surface area contributed by atoms with Gasteiger partial charge in [0.15, 0.2) is 0 Å². The number of rotatable bonds is 2. The van der Waals surface area contributed by atoms with Crippen LogP contribution in [0.4, 0.5) is 19.0 Å². The summed E-state index contributed by atoms with van der Waals surface area (Å²) in [6.45, 7) is 11.3. The molecule has 0 aromatic carbocycles. The van der Waals surface area contributed by atoms with Crippen LogP contribution in [0.2, 0.25) is 0 Å². The zero-order valence-electron chi connectivity index (χ0n) is 12.7. The second kappa shape index (κ2) is 9.64. The third-order valence-corrected chi connectivity index (χ3v) is 2.20. The molecule has 112 valence electrons. The fourth-order valence-electron chi connectivity index (χ4n) is 1.56. The molecule has 0 amide bonds. The molecule has 0 aliphatic heterocycles. The molecule has 1 aromatic rings. The maximum absolute atomic E-state index is 12.7. The number of nitrogen functional groups attached to an aromatic ring is 1. The van der Waals surface area contributed by atoms with Crippen molar-refractivity contribution >= 4 is 5.82 Å². The van der Waals surface area contributed by atoms with Gasteiger partial charge in [0.05, 0.1) is 11.3 Å². The van der Waals surface area contributed by atoms with E-state index in [1.165, 1.54) is 6.07 Å². The molecular formula is C14H25F3N2. The molecule has 0 unspecified atom stereocenters. The number of nitrogens with two attached hydrogens (primary N) is 1. The minimum atomic E-state index is -4.35. The van der Waals surface area contributed by atoms with E-state index in [9.17, 15) is 13.2 Å². The van der Waals surface area contributed by atoms with Crippen LogP contribution in [-0.2, 0) is 19.0 Å². The number of alkyl halides is 3. The van der Waals surface area contributed by atoms with E-state index in [4.69, 9.17) is 5.73 Å². The molecule has 0 saturated carbocycles. The summed E-state index contributed by atoms with van der Waals surface area (Å²) in [7, 11) is 0. The lowest BCUT2D eigenvalue weighted by Crippen LogP contribution is -2.15. The van der Waals surface area contributed by atoms with Crippen LogP contribution in [-0.4, -0.2) is 4.98 Å². The van der Waals surface area contributed by atoms with E-state index in [0.29, 0.717) is 6.42 Å². The van der Waals surface area contributed by atoms with Gasteiger partial charge in [-0.05, 0) is 24.5 Å². The SMILES string of the molecule is CC.CC.CCc1cc(N)nc(CC)c1C(F)(F)F. The molecule has 0 bridgehead atoms. The Labute approximate surface area is 114 Å². The first-order valence-electron chi connectivity index (χ1n) is 6.75. The van der Waals surface area contributed by atoms with Crippen LogP contribution >= 0.6 is 0 Å². The van der Waals surface area contributed by atoms with E-state index in [-0.39, 0.29) is 23.5 Å². The normalized spacial score (nSPS) is 9.95. The van der Waals surface area contributed by atoms with Crippen molar-refractivity contribution in [2.45, 2.75) is 60.6 Å². The first kappa shape index (κ1) is 20.1. The van der Waals surface area contributed by atoms with Gasteiger partial charge in [0.25, 0.3) is 0 Å². The van der Waals surface area contributed by atoms with Gasteiger partial charge in [-0.3, -0.25) is 0 Å². The van der Waals surface area contributed by atoms with Crippen molar-refractivity contribution in [2.75, 3.05) is 5.73 Å². The zero-order valence-corrected chi connectivity index (χ0v) is 12.7. The second-order valence-corrected chi connectivity index (χ2v) is 3.23. The van der Waals surface area contributed by atoms with Gasteiger partial charge in [-0.15, -0.1) is 0 Å². The van der Waals surface area contributed by atoms with Crippen molar-refractivity contribution in [1.29, 1.82) is 0 Å². The molecule has 0 atom stereocenters. The summed E-state index contributed by atoms with van der Waals surface area (Å²) in [5, 5.41) is 0. The van der Waals surface area contributed by atoms with E-state index < -0.39 is 11.7 Å². The summed E-state index contributed by atoms with van der Waals surface area (Å²) in [5.74, 6) is 0.150. The van der Waals surface area contributed by atoms with Crippen LogP contribution in [0.1, 0.15) is 58.4 Å². The topological polar surface area (TPSA) is 38.9 Å². The molecule has 2 nitrogen and oxygen atoms in total. The lowest BCUT2D eigenvalue weighted by Gasteiger charge is -2.15. The summed E-state index contributed by atoms with van der Waals surface area (Å²) in [4.78, 5) is 3.72. The number of halogens is 3. The molecule has 5 heteroatoms. The Morgan fingerprint density at radius 1 is 1.05 bits per heavy atom. The summed E-state index contributed by atoms with van der Waals surface area (Å²) in [5.41, 5.74) is 5.06. The van der Waals surface area contributed by atoms with E-state index in [1.54, 1.807) is 13.8 Å². The number of aryl methyl sites for hydroxylation is 2. The summed E-state index contributed by atoms with van der Waals surface area (Å²) in [6.07, 6.45) is -3.82. The molecule has 0 aliphatic rings. The van der Waals surface area contributed by atoms with Gasteiger partial charge in [0, 0.05) is 0 Å². The molecule has 1 rings (SSSR count). The standard InChI is InChI=1S/C10H13F3N2.2C2H6/c1-3-6-5-8(14)15-7(4-2)9(6)10(11,12)13;2*1-2/h5H,3-4H2,1-2H3,(H2,14,15);2*1-2H3. The number of hydrogen-bond acceptors (Lipinski definition) is 2. The molecule has 19 heavy (non-hydrogen) atoms. The molecule has 0 saturated heterocycles. The monoisotopic (exact) mass is 278 g/mol. The van der Waals surface area contributed by atoms with Crippen LogP contribution in [0.25, 0.3) is 0 Å². The molecule has 0 radical (unpaired) electrons. The molecule has 0 fully saturated rings. The maximum Gasteiger partial charge on any atom is 0.418 e. The van der Waals surface area contributed by atoms with Crippen LogP contribution in [0.15, 0.2) is 6.07 Å². The molecule has 2 N–H and O–H groups in total. The van der Waals surface area contributed by atoms with Gasteiger partial charge in [-0.25, -0.2) is 4.98 Å². The van der Waals surface area contributed by atoms with Crippen molar-refractivity contribution in [3.63, 3.8) is 0 Å². The smallest absolute Gasteiger partial charge is 0.384 e. The van der Waals surface area contributed by atoms with Crippen molar-refractivity contribution in [3.8, 4) is 0 Å². The Bertz CT molecular complexity index is 335. The van der Waals surface area contributed by atoms with Crippen molar-refractivity contribution in [3.05, 3.63) is 22.9 Å². The van der Waals surface area contributed by atoms with Gasteiger partial charge in [-0.1, -0.05) is 41.5 Å². The van der Waals surface area contributed by atoms with Crippen LogP contribution in [0, 0.1) is 0 Å². The van der Waals surface area contributed by atoms with E-state index >= 15 is 0 Å². The van der Waals surface area contributed by atoms with Crippen molar-refractivity contribution in [1.82, 2.24) is 4.98 Å². The highest BCUT2D eigenvalue weighted by molar-refractivity contribution is 5.43. The van der Waals surface area contributed by atoms with Crippen molar-refractivity contribution in [2.24, 2.45) is 0 Å². The highest BCUT2D eigenvalue weighted by Crippen LogP contribution is 2.35. The largest absolute Gasteiger partial charge is 0.418 e. The average Bonchev–Trinajstić information content (AvgIpc) is 2.40. The first-order valence-corrected chi connectivity index (χ1v) is 6.75. The van der Waals surface area contributed by atoms with Gasteiger partial charge >= 0.3 is 6.18 Å². The Morgan fingerprint density at radius 2 is 1.53 bits per heavy atom. The van der Waals surface area contributed by atoms with E-state index in [2.05, 4.69) is 4.98 Å². The summed E-state index contributed by atoms with van der Waals surface area (Å²) >= 11 is 0. The van der Waals surface area contributed by atoms with Crippen LogP contribution in [0.5, 0.6) is 0 Å². The van der Waals surface area contributed by atoms with Gasteiger partial charge < -0.3 is 5.73 Å². The van der Waals surface area contributed by atoms with Crippen LogP contribution < -0.4 is 5.73 Å². The Kier molecular flexibility index (Phi) is 10.2. The molecule has 0 aliphatic carbocycles. The fourth-order valence-corrected chi connectivity index (χ4v) is 1.56. The molecule has 1 aromatic heterocycles. The number of anilines is 1. The lowest BCUT2D eigenvalue weighted by atomic mass is 10.0. The highest BCUT2D eigenvalue weighted by Gasteiger charge is 2.36. The Hall–Kier alpha value is -1.26. The predicted octanol–water partition coefficient (Wildman–Crippen LogP) is 4.86. The van der Waals surface area contributed by atoms with Crippen molar-refractivity contribution < 1.29 is 13.2 Å². The second-order valence-electron chi connectivity index (χ2n) is 3.23. The molecule has 0 spiro atoms. The Morgan fingerprint density at radius 3 is 1.84 bits per heavy atom.